The highest BCUT2D eigenvalue weighted by molar-refractivity contribution is 5.95. The van der Waals surface area contributed by atoms with Crippen LogP contribution in [0.15, 0.2) is 54.9 Å². The third kappa shape index (κ3) is 4.01. The fourth-order valence-corrected chi connectivity index (χ4v) is 3.41. The second-order valence-electron chi connectivity index (χ2n) is 6.55. The number of rotatable bonds is 5. The number of nitrogens with one attached hydrogen (secondary N) is 1. The van der Waals surface area contributed by atoms with Crippen LogP contribution in [0.5, 0.6) is 0 Å². The minimum atomic E-state index is -0.257. The molecule has 1 aromatic heterocycles. The molecule has 1 atom stereocenters. The van der Waals surface area contributed by atoms with Gasteiger partial charge in [-0.05, 0) is 65.7 Å². The maximum Gasteiger partial charge on any atom is 0.241 e. The smallest absolute Gasteiger partial charge is 0.241 e. The molecule has 1 amide bonds. The Morgan fingerprint density at radius 2 is 2.11 bits per heavy atom. The molecule has 0 saturated carbocycles. The molecule has 4 rings (SSSR count). The molecule has 2 aromatic carbocycles. The lowest BCUT2D eigenvalue weighted by atomic mass is 10.1. The van der Waals surface area contributed by atoms with Gasteiger partial charge in [0, 0.05) is 12.2 Å². The van der Waals surface area contributed by atoms with Crippen molar-refractivity contribution in [2.45, 2.75) is 25.4 Å². The molecule has 7 nitrogen and oxygen atoms in total. The van der Waals surface area contributed by atoms with Crippen LogP contribution in [0, 0.1) is 5.82 Å². The van der Waals surface area contributed by atoms with E-state index in [9.17, 15) is 9.18 Å². The van der Waals surface area contributed by atoms with Crippen LogP contribution in [-0.4, -0.2) is 43.6 Å². The van der Waals surface area contributed by atoms with Gasteiger partial charge in [0.25, 0.3) is 0 Å². The first-order valence-corrected chi connectivity index (χ1v) is 8.82. The predicted octanol–water partition coefficient (Wildman–Crippen LogP) is 2.40. The van der Waals surface area contributed by atoms with E-state index >= 15 is 0 Å². The van der Waals surface area contributed by atoms with Crippen molar-refractivity contribution in [1.82, 2.24) is 25.1 Å². The minimum absolute atomic E-state index is 0.0576. The van der Waals surface area contributed by atoms with Gasteiger partial charge < -0.3 is 5.32 Å². The Morgan fingerprint density at radius 3 is 2.93 bits per heavy atom. The molecule has 27 heavy (non-hydrogen) atoms. The first-order chi connectivity index (χ1) is 13.2. The standard InChI is InChI=1S/C19H19FN6O/c20-15-5-1-4-14(10-15)12-25-9-3-8-18(25)19(27)22-16-6-2-7-17(11-16)26-13-21-23-24-26/h1-2,4-7,10-11,13,18H,3,8-9,12H2,(H,22,27)/t18-/m1/s1. The number of halogens is 1. The Balaban J connectivity index is 1.45. The molecule has 1 aliphatic rings. The van der Waals surface area contributed by atoms with Gasteiger partial charge in [0.2, 0.25) is 5.91 Å². The van der Waals surface area contributed by atoms with E-state index in [4.69, 9.17) is 0 Å². The molecule has 3 aromatic rings. The summed E-state index contributed by atoms with van der Waals surface area (Å²) in [5.74, 6) is -0.315. The van der Waals surface area contributed by atoms with Gasteiger partial charge in [-0.2, -0.15) is 0 Å². The highest BCUT2D eigenvalue weighted by Crippen LogP contribution is 2.22. The molecule has 0 radical (unpaired) electrons. The van der Waals surface area contributed by atoms with Crippen LogP contribution in [0.4, 0.5) is 10.1 Å². The molecule has 0 spiro atoms. The normalized spacial score (nSPS) is 17.1. The van der Waals surface area contributed by atoms with Crippen molar-refractivity contribution >= 4 is 11.6 Å². The molecule has 0 aliphatic carbocycles. The molecule has 1 aliphatic heterocycles. The number of tetrazole rings is 1. The van der Waals surface area contributed by atoms with Crippen molar-refractivity contribution < 1.29 is 9.18 Å². The summed E-state index contributed by atoms with van der Waals surface area (Å²) in [5.41, 5.74) is 2.32. The van der Waals surface area contributed by atoms with Crippen molar-refractivity contribution in [3.63, 3.8) is 0 Å². The van der Waals surface area contributed by atoms with E-state index in [1.54, 1.807) is 6.07 Å². The van der Waals surface area contributed by atoms with Gasteiger partial charge in [0.05, 0.1) is 11.7 Å². The molecule has 0 bridgehead atoms. The largest absolute Gasteiger partial charge is 0.325 e. The van der Waals surface area contributed by atoms with Crippen LogP contribution < -0.4 is 5.32 Å². The van der Waals surface area contributed by atoms with Crippen LogP contribution in [0.3, 0.4) is 0 Å². The van der Waals surface area contributed by atoms with Crippen molar-refractivity contribution in [3.05, 3.63) is 66.2 Å². The van der Waals surface area contributed by atoms with Crippen molar-refractivity contribution in [2.75, 3.05) is 11.9 Å². The van der Waals surface area contributed by atoms with Crippen molar-refractivity contribution in [3.8, 4) is 5.69 Å². The second kappa shape index (κ2) is 7.63. The average molecular weight is 366 g/mol. The average Bonchev–Trinajstić information content (AvgIpc) is 3.34. The van der Waals surface area contributed by atoms with Gasteiger partial charge in [-0.15, -0.1) is 5.10 Å². The van der Waals surface area contributed by atoms with Gasteiger partial charge in [0.15, 0.2) is 0 Å². The summed E-state index contributed by atoms with van der Waals surface area (Å²) in [6.45, 7) is 1.37. The van der Waals surface area contributed by atoms with E-state index in [-0.39, 0.29) is 17.8 Å². The second-order valence-corrected chi connectivity index (χ2v) is 6.55. The quantitative estimate of drug-likeness (QED) is 0.750. The van der Waals surface area contributed by atoms with Crippen molar-refractivity contribution in [1.29, 1.82) is 0 Å². The van der Waals surface area contributed by atoms with Crippen LogP contribution >= 0.6 is 0 Å². The first kappa shape index (κ1) is 17.3. The summed E-state index contributed by atoms with van der Waals surface area (Å²) in [4.78, 5) is 14.9. The number of likely N-dealkylation sites (tertiary alicyclic amines) is 1. The third-order valence-electron chi connectivity index (χ3n) is 4.67. The monoisotopic (exact) mass is 366 g/mol. The van der Waals surface area contributed by atoms with Gasteiger partial charge in [-0.25, -0.2) is 9.07 Å². The molecular formula is C19H19FN6O. The molecule has 8 heteroatoms. The number of hydrogen-bond acceptors (Lipinski definition) is 5. The zero-order valence-electron chi connectivity index (χ0n) is 14.6. The molecule has 138 valence electrons. The molecular weight excluding hydrogens is 347 g/mol. The number of hydrogen-bond donors (Lipinski definition) is 1. The number of anilines is 1. The molecule has 0 unspecified atom stereocenters. The summed E-state index contributed by atoms with van der Waals surface area (Å²) >= 11 is 0. The topological polar surface area (TPSA) is 75.9 Å². The van der Waals surface area contributed by atoms with Crippen LogP contribution in [0.1, 0.15) is 18.4 Å². The zero-order valence-corrected chi connectivity index (χ0v) is 14.6. The number of amides is 1. The number of carbonyl (C=O) groups excluding carboxylic acids is 1. The molecule has 1 saturated heterocycles. The summed E-state index contributed by atoms with van der Waals surface area (Å²) in [6.07, 6.45) is 3.23. The number of aromatic nitrogens is 4. The minimum Gasteiger partial charge on any atom is -0.325 e. The fraction of sp³-hybridized carbons (Fsp3) is 0.263. The highest BCUT2D eigenvalue weighted by atomic mass is 19.1. The lowest BCUT2D eigenvalue weighted by Crippen LogP contribution is -2.39. The summed E-state index contributed by atoms with van der Waals surface area (Å²) in [7, 11) is 0. The number of carbonyl (C=O) groups is 1. The lowest BCUT2D eigenvalue weighted by molar-refractivity contribution is -0.120. The third-order valence-corrected chi connectivity index (χ3v) is 4.67. The van der Waals surface area contributed by atoms with E-state index in [1.165, 1.54) is 23.1 Å². The predicted molar refractivity (Wildman–Crippen MR) is 97.6 cm³/mol. The van der Waals surface area contributed by atoms with E-state index in [1.807, 2.05) is 30.3 Å². The number of nitrogens with zero attached hydrogens (tertiary/aromatic N) is 5. The van der Waals surface area contributed by atoms with E-state index in [2.05, 4.69) is 25.7 Å². The maximum absolute atomic E-state index is 13.4. The molecule has 2 heterocycles. The number of benzene rings is 2. The Hall–Kier alpha value is -3.13. The Kier molecular flexibility index (Phi) is 4.88. The molecule has 1 N–H and O–H groups in total. The van der Waals surface area contributed by atoms with E-state index < -0.39 is 0 Å². The maximum atomic E-state index is 13.4. The molecule has 1 fully saturated rings. The van der Waals surface area contributed by atoms with Crippen molar-refractivity contribution in [2.24, 2.45) is 0 Å². The van der Waals surface area contributed by atoms with Gasteiger partial charge in [-0.3, -0.25) is 9.69 Å². The SMILES string of the molecule is O=C(Nc1cccc(-n2cnnn2)c1)[C@H]1CCCN1Cc1cccc(F)c1. The van der Waals surface area contributed by atoms with Crippen LogP contribution in [-0.2, 0) is 11.3 Å². The van der Waals surface area contributed by atoms with Gasteiger partial charge in [0.1, 0.15) is 12.1 Å². The fourth-order valence-electron chi connectivity index (χ4n) is 3.41. The van der Waals surface area contributed by atoms with Gasteiger partial charge >= 0.3 is 0 Å². The Bertz CT molecular complexity index is 929. The Morgan fingerprint density at radius 1 is 1.22 bits per heavy atom. The van der Waals surface area contributed by atoms with E-state index in [0.29, 0.717) is 12.2 Å². The van der Waals surface area contributed by atoms with Crippen LogP contribution in [0.2, 0.25) is 0 Å². The van der Waals surface area contributed by atoms with Gasteiger partial charge in [-0.1, -0.05) is 18.2 Å². The zero-order chi connectivity index (χ0) is 18.6. The summed E-state index contributed by atoms with van der Waals surface area (Å²) in [6, 6.07) is 13.6. The highest BCUT2D eigenvalue weighted by Gasteiger charge is 2.30. The van der Waals surface area contributed by atoms with E-state index in [0.717, 1.165) is 30.6 Å². The summed E-state index contributed by atoms with van der Waals surface area (Å²) in [5, 5.41) is 14.1. The lowest BCUT2D eigenvalue weighted by Gasteiger charge is -2.23. The summed E-state index contributed by atoms with van der Waals surface area (Å²) < 4.78 is 15.0. The Labute approximate surface area is 155 Å². The first-order valence-electron chi connectivity index (χ1n) is 8.82. The van der Waals surface area contributed by atoms with Crippen LogP contribution in [0.25, 0.3) is 5.69 Å².